The highest BCUT2D eigenvalue weighted by Crippen LogP contribution is 2.31. The van der Waals surface area contributed by atoms with Crippen molar-refractivity contribution in [1.82, 2.24) is 9.97 Å². The maximum atomic E-state index is 6.45. The third kappa shape index (κ3) is 2.69. The van der Waals surface area contributed by atoms with Crippen LogP contribution in [0.4, 0.5) is 0 Å². The van der Waals surface area contributed by atoms with E-state index < -0.39 is 0 Å². The van der Waals surface area contributed by atoms with Crippen LogP contribution in [0.25, 0.3) is 10.9 Å². The van der Waals surface area contributed by atoms with Crippen LogP contribution >= 0.6 is 11.3 Å². The Hall–Kier alpha value is -1.78. The van der Waals surface area contributed by atoms with Crippen LogP contribution in [0.2, 0.25) is 0 Å². The van der Waals surface area contributed by atoms with Crippen molar-refractivity contribution in [3.8, 4) is 0 Å². The Morgan fingerprint density at radius 2 is 1.90 bits per heavy atom. The monoisotopic (exact) mass is 297 g/mol. The van der Waals surface area contributed by atoms with Gasteiger partial charge in [-0.25, -0.2) is 4.98 Å². The van der Waals surface area contributed by atoms with Crippen LogP contribution in [-0.4, -0.2) is 9.97 Å². The summed E-state index contributed by atoms with van der Waals surface area (Å²) in [6.45, 7) is 6.49. The smallest absolute Gasteiger partial charge is 0.114 e. The first-order valence-corrected chi connectivity index (χ1v) is 7.90. The Balaban J connectivity index is 2.05. The van der Waals surface area contributed by atoms with Crippen LogP contribution in [0.5, 0.6) is 0 Å². The zero-order valence-corrected chi connectivity index (χ0v) is 13.3. The number of benzene rings is 1. The number of fused-ring (bicyclic) bond motifs is 1. The van der Waals surface area contributed by atoms with E-state index in [-0.39, 0.29) is 11.5 Å². The molecule has 0 saturated heterocycles. The molecule has 0 saturated carbocycles. The molecular formula is C17H19N3S. The minimum atomic E-state index is -0.232. The van der Waals surface area contributed by atoms with Gasteiger partial charge in [-0.3, -0.25) is 4.98 Å². The third-order valence-electron chi connectivity index (χ3n) is 3.56. The second-order valence-corrected chi connectivity index (χ2v) is 7.11. The van der Waals surface area contributed by atoms with Gasteiger partial charge in [0.05, 0.1) is 17.3 Å². The lowest BCUT2D eigenvalue weighted by atomic mass is 9.93. The molecule has 0 spiro atoms. The van der Waals surface area contributed by atoms with E-state index in [4.69, 9.17) is 10.7 Å². The van der Waals surface area contributed by atoms with Gasteiger partial charge in [-0.1, -0.05) is 45.0 Å². The number of pyridine rings is 1. The van der Waals surface area contributed by atoms with Crippen LogP contribution in [0.1, 0.15) is 43.1 Å². The maximum Gasteiger partial charge on any atom is 0.114 e. The number of para-hydroxylation sites is 1. The molecule has 0 radical (unpaired) electrons. The van der Waals surface area contributed by atoms with Crippen LogP contribution in [0.15, 0.2) is 41.9 Å². The second-order valence-electron chi connectivity index (χ2n) is 6.22. The van der Waals surface area contributed by atoms with Gasteiger partial charge in [0.1, 0.15) is 5.01 Å². The molecule has 2 heterocycles. The van der Waals surface area contributed by atoms with E-state index in [1.54, 1.807) is 17.5 Å². The second kappa shape index (κ2) is 5.20. The first kappa shape index (κ1) is 14.2. The van der Waals surface area contributed by atoms with E-state index >= 15 is 0 Å². The number of thiazole rings is 1. The number of rotatable bonds is 2. The molecule has 3 aromatic rings. The molecule has 0 aliphatic carbocycles. The van der Waals surface area contributed by atoms with Gasteiger partial charge < -0.3 is 5.73 Å². The summed E-state index contributed by atoms with van der Waals surface area (Å²) in [5.74, 6) is 0. The summed E-state index contributed by atoms with van der Waals surface area (Å²) >= 11 is 1.62. The van der Waals surface area contributed by atoms with Crippen LogP contribution in [0.3, 0.4) is 0 Å². The molecule has 0 bridgehead atoms. The molecule has 1 atom stereocenters. The molecule has 3 nitrogen and oxygen atoms in total. The van der Waals surface area contributed by atoms with Gasteiger partial charge in [-0.05, 0) is 6.07 Å². The Labute approximate surface area is 128 Å². The number of nitrogens with two attached hydrogens (primary N) is 1. The van der Waals surface area contributed by atoms with E-state index in [1.807, 2.05) is 18.2 Å². The normalized spacial score (nSPS) is 13.5. The number of aromatic nitrogens is 2. The summed E-state index contributed by atoms with van der Waals surface area (Å²) in [4.78, 5) is 9.21. The summed E-state index contributed by atoms with van der Waals surface area (Å²) in [6.07, 6.45) is 1.81. The molecule has 1 unspecified atom stereocenters. The van der Waals surface area contributed by atoms with Crippen molar-refractivity contribution in [3.63, 3.8) is 0 Å². The average molecular weight is 297 g/mol. The molecule has 1 aromatic carbocycles. The number of hydrogen-bond donors (Lipinski definition) is 1. The third-order valence-corrected chi connectivity index (χ3v) is 4.48. The highest BCUT2D eigenvalue weighted by atomic mass is 32.1. The van der Waals surface area contributed by atoms with Gasteiger partial charge in [-0.15, -0.1) is 11.3 Å². The summed E-state index contributed by atoms with van der Waals surface area (Å²) in [5, 5.41) is 4.16. The fraction of sp³-hybridized carbons (Fsp3) is 0.294. The zero-order valence-electron chi connectivity index (χ0n) is 12.5. The molecule has 0 fully saturated rings. The summed E-state index contributed by atoms with van der Waals surface area (Å²) < 4.78 is 0. The van der Waals surface area contributed by atoms with Gasteiger partial charge in [0.2, 0.25) is 0 Å². The molecule has 3 rings (SSSR count). The summed E-state index contributed by atoms with van der Waals surface area (Å²) in [6, 6.07) is 9.89. The molecule has 0 aliphatic rings. The highest BCUT2D eigenvalue weighted by molar-refractivity contribution is 7.09. The van der Waals surface area contributed by atoms with Crippen molar-refractivity contribution in [3.05, 3.63) is 58.2 Å². The van der Waals surface area contributed by atoms with Gasteiger partial charge in [-0.2, -0.15) is 0 Å². The first-order valence-electron chi connectivity index (χ1n) is 7.02. The lowest BCUT2D eigenvalue weighted by Crippen LogP contribution is -2.15. The summed E-state index contributed by atoms with van der Waals surface area (Å²) in [5.41, 5.74) is 9.57. The fourth-order valence-corrected chi connectivity index (χ4v) is 3.35. The number of hydrogen-bond acceptors (Lipinski definition) is 4. The first-order chi connectivity index (χ1) is 9.97. The van der Waals surface area contributed by atoms with Crippen molar-refractivity contribution in [2.75, 3.05) is 0 Å². The van der Waals surface area contributed by atoms with Gasteiger partial charge >= 0.3 is 0 Å². The lowest BCUT2D eigenvalue weighted by Gasteiger charge is -2.15. The van der Waals surface area contributed by atoms with E-state index in [1.165, 1.54) is 0 Å². The average Bonchev–Trinajstić information content (AvgIpc) is 2.96. The predicted molar refractivity (Wildman–Crippen MR) is 88.6 cm³/mol. The topological polar surface area (TPSA) is 51.8 Å². The molecular weight excluding hydrogens is 278 g/mol. The predicted octanol–water partition coefficient (Wildman–Crippen LogP) is 4.04. The van der Waals surface area contributed by atoms with E-state index in [9.17, 15) is 0 Å². The quantitative estimate of drug-likeness (QED) is 0.776. The molecule has 0 amide bonds. The van der Waals surface area contributed by atoms with Crippen molar-refractivity contribution >= 4 is 22.2 Å². The van der Waals surface area contributed by atoms with E-state index in [0.717, 1.165) is 27.2 Å². The van der Waals surface area contributed by atoms with Gasteiger partial charge in [0, 0.05) is 27.9 Å². The molecule has 0 aliphatic heterocycles. The molecule has 4 heteroatoms. The molecule has 21 heavy (non-hydrogen) atoms. The van der Waals surface area contributed by atoms with E-state index in [0.29, 0.717) is 0 Å². The molecule has 2 aromatic heterocycles. The minimum absolute atomic E-state index is 0.0471. The van der Waals surface area contributed by atoms with Crippen molar-refractivity contribution in [1.29, 1.82) is 0 Å². The van der Waals surface area contributed by atoms with Crippen LogP contribution in [-0.2, 0) is 5.41 Å². The van der Waals surface area contributed by atoms with E-state index in [2.05, 4.69) is 43.3 Å². The van der Waals surface area contributed by atoms with Crippen LogP contribution in [0, 0.1) is 0 Å². The number of nitrogens with zero attached hydrogens (tertiary/aromatic N) is 2. The van der Waals surface area contributed by atoms with Crippen molar-refractivity contribution < 1.29 is 0 Å². The lowest BCUT2D eigenvalue weighted by molar-refractivity contribution is 0.569. The Morgan fingerprint density at radius 1 is 1.14 bits per heavy atom. The highest BCUT2D eigenvalue weighted by Gasteiger charge is 2.21. The van der Waals surface area contributed by atoms with Crippen molar-refractivity contribution in [2.24, 2.45) is 5.73 Å². The van der Waals surface area contributed by atoms with Gasteiger partial charge in [0.25, 0.3) is 0 Å². The van der Waals surface area contributed by atoms with Crippen molar-refractivity contribution in [2.45, 2.75) is 32.2 Å². The van der Waals surface area contributed by atoms with Gasteiger partial charge in [0.15, 0.2) is 0 Å². The maximum absolute atomic E-state index is 6.45. The molecule has 2 N–H and O–H groups in total. The Morgan fingerprint density at radius 3 is 2.62 bits per heavy atom. The molecule has 108 valence electrons. The SMILES string of the molecule is CC(C)(C)c1csc(C(N)c2cccc3cccnc23)n1. The largest absolute Gasteiger partial charge is 0.318 e. The minimum Gasteiger partial charge on any atom is -0.318 e. The zero-order chi connectivity index (χ0) is 15.0. The Bertz CT molecular complexity index is 766. The standard InChI is InChI=1S/C17H19N3S/c1-17(2,3)13-10-21-16(20-13)14(18)12-8-4-6-11-7-5-9-19-15(11)12/h4-10,14H,18H2,1-3H3. The fourth-order valence-electron chi connectivity index (χ4n) is 2.29. The summed E-state index contributed by atoms with van der Waals surface area (Å²) in [7, 11) is 0. The van der Waals surface area contributed by atoms with Crippen LogP contribution < -0.4 is 5.73 Å². The Kier molecular flexibility index (Phi) is 3.51.